The van der Waals surface area contributed by atoms with Crippen molar-refractivity contribution in [2.24, 2.45) is 0 Å². The summed E-state index contributed by atoms with van der Waals surface area (Å²) in [5, 5.41) is 2.84. The Labute approximate surface area is 120 Å². The topological polar surface area (TPSA) is 45.2 Å². The standard InChI is InChI=1S/C14H21N3OS/c1-17-7-2-3-13(17)11-4-5-12(15-9-11)10-16-14(18)6-8-19/h4-5,9,13,19H,2-3,6-8,10H2,1H3,(H,16,18). The SMILES string of the molecule is CN1CCCC1c1ccc(CNC(=O)CCS)nc1. The van der Waals surface area contributed by atoms with Crippen LogP contribution < -0.4 is 5.32 Å². The molecule has 1 aromatic heterocycles. The van der Waals surface area contributed by atoms with Crippen molar-refractivity contribution in [3.8, 4) is 0 Å². The van der Waals surface area contributed by atoms with Gasteiger partial charge >= 0.3 is 0 Å². The molecule has 1 unspecified atom stereocenters. The summed E-state index contributed by atoms with van der Waals surface area (Å²) in [7, 11) is 2.16. The monoisotopic (exact) mass is 279 g/mol. The number of nitrogens with one attached hydrogen (secondary N) is 1. The molecule has 1 fully saturated rings. The number of hydrogen-bond donors (Lipinski definition) is 2. The van der Waals surface area contributed by atoms with Gasteiger partial charge in [-0.1, -0.05) is 6.07 Å². The van der Waals surface area contributed by atoms with E-state index in [9.17, 15) is 4.79 Å². The normalized spacial score (nSPS) is 19.6. The number of nitrogens with zero attached hydrogens (tertiary/aromatic N) is 2. The van der Waals surface area contributed by atoms with Gasteiger partial charge in [0.15, 0.2) is 0 Å². The Bertz CT molecular complexity index is 421. The van der Waals surface area contributed by atoms with Crippen molar-refractivity contribution in [1.82, 2.24) is 15.2 Å². The molecular weight excluding hydrogens is 258 g/mol. The van der Waals surface area contributed by atoms with Crippen LogP contribution in [0.4, 0.5) is 0 Å². The Morgan fingerprint density at radius 1 is 1.58 bits per heavy atom. The third-order valence-electron chi connectivity index (χ3n) is 3.56. The number of carbonyl (C=O) groups is 1. The summed E-state index contributed by atoms with van der Waals surface area (Å²) < 4.78 is 0. The van der Waals surface area contributed by atoms with Crippen molar-refractivity contribution in [2.45, 2.75) is 31.8 Å². The largest absolute Gasteiger partial charge is 0.350 e. The molecule has 0 aromatic carbocycles. The first-order chi connectivity index (χ1) is 9.20. The van der Waals surface area contributed by atoms with Gasteiger partial charge in [-0.2, -0.15) is 12.6 Å². The van der Waals surface area contributed by atoms with Crippen LogP contribution in [0.1, 0.15) is 36.6 Å². The van der Waals surface area contributed by atoms with E-state index in [1.807, 2.05) is 12.3 Å². The van der Waals surface area contributed by atoms with Gasteiger partial charge in [-0.25, -0.2) is 0 Å². The summed E-state index contributed by atoms with van der Waals surface area (Å²) in [4.78, 5) is 18.1. The third kappa shape index (κ3) is 3.94. The predicted molar refractivity (Wildman–Crippen MR) is 79.2 cm³/mol. The minimum Gasteiger partial charge on any atom is -0.350 e. The second kappa shape index (κ2) is 6.91. The highest BCUT2D eigenvalue weighted by Crippen LogP contribution is 2.29. The molecule has 1 N–H and O–H groups in total. The van der Waals surface area contributed by atoms with Crippen LogP contribution in [0.25, 0.3) is 0 Å². The Hall–Kier alpha value is -1.07. The molecule has 1 aliphatic rings. The molecule has 104 valence electrons. The van der Waals surface area contributed by atoms with E-state index in [-0.39, 0.29) is 5.91 Å². The van der Waals surface area contributed by atoms with E-state index in [4.69, 9.17) is 0 Å². The lowest BCUT2D eigenvalue weighted by Crippen LogP contribution is -2.23. The Kier molecular flexibility index (Phi) is 5.22. The van der Waals surface area contributed by atoms with Gasteiger partial charge in [0.05, 0.1) is 12.2 Å². The highest BCUT2D eigenvalue weighted by molar-refractivity contribution is 7.80. The average Bonchev–Trinajstić information content (AvgIpc) is 2.84. The molecule has 1 amide bonds. The molecule has 1 saturated heterocycles. The molecule has 5 heteroatoms. The number of rotatable bonds is 5. The van der Waals surface area contributed by atoms with Gasteiger partial charge in [-0.3, -0.25) is 14.7 Å². The molecule has 0 saturated carbocycles. The van der Waals surface area contributed by atoms with Gasteiger partial charge in [0.25, 0.3) is 0 Å². The summed E-state index contributed by atoms with van der Waals surface area (Å²) in [6.45, 7) is 1.65. The van der Waals surface area contributed by atoms with E-state index in [0.717, 1.165) is 12.2 Å². The van der Waals surface area contributed by atoms with E-state index >= 15 is 0 Å². The first kappa shape index (κ1) is 14.3. The lowest BCUT2D eigenvalue weighted by atomic mass is 10.1. The van der Waals surface area contributed by atoms with Crippen molar-refractivity contribution in [1.29, 1.82) is 0 Å². The lowest BCUT2D eigenvalue weighted by molar-refractivity contribution is -0.120. The lowest BCUT2D eigenvalue weighted by Gasteiger charge is -2.19. The van der Waals surface area contributed by atoms with Crippen LogP contribution in [0.15, 0.2) is 18.3 Å². The van der Waals surface area contributed by atoms with Crippen molar-refractivity contribution < 1.29 is 4.79 Å². The quantitative estimate of drug-likeness (QED) is 0.808. The number of amides is 1. The Balaban J connectivity index is 1.89. The minimum absolute atomic E-state index is 0.0244. The molecule has 19 heavy (non-hydrogen) atoms. The molecule has 1 aliphatic heterocycles. The number of pyridine rings is 1. The number of carbonyl (C=O) groups excluding carboxylic acids is 1. The fourth-order valence-corrected chi connectivity index (χ4v) is 2.65. The molecular formula is C14H21N3OS. The maximum atomic E-state index is 11.3. The third-order valence-corrected chi connectivity index (χ3v) is 3.78. The zero-order valence-electron chi connectivity index (χ0n) is 11.3. The minimum atomic E-state index is 0.0244. The van der Waals surface area contributed by atoms with Crippen molar-refractivity contribution in [3.63, 3.8) is 0 Å². The molecule has 0 spiro atoms. The van der Waals surface area contributed by atoms with E-state index in [2.05, 4.69) is 40.9 Å². The summed E-state index contributed by atoms with van der Waals surface area (Å²) >= 11 is 4.03. The summed E-state index contributed by atoms with van der Waals surface area (Å²) in [6.07, 6.45) is 4.85. The van der Waals surface area contributed by atoms with Crippen LogP contribution in [0, 0.1) is 0 Å². The average molecular weight is 279 g/mol. The fraction of sp³-hybridized carbons (Fsp3) is 0.571. The Morgan fingerprint density at radius 3 is 3.00 bits per heavy atom. The van der Waals surface area contributed by atoms with Gasteiger partial charge in [0.1, 0.15) is 0 Å². The van der Waals surface area contributed by atoms with Crippen LogP contribution in [0.2, 0.25) is 0 Å². The molecule has 0 aliphatic carbocycles. The number of aromatic nitrogens is 1. The molecule has 0 radical (unpaired) electrons. The summed E-state index contributed by atoms with van der Waals surface area (Å²) in [5.41, 5.74) is 2.17. The van der Waals surface area contributed by atoms with Crippen molar-refractivity contribution in [3.05, 3.63) is 29.6 Å². The summed E-state index contributed by atoms with van der Waals surface area (Å²) in [6, 6.07) is 4.63. The first-order valence-corrected chi connectivity index (χ1v) is 7.36. The zero-order valence-corrected chi connectivity index (χ0v) is 12.2. The highest BCUT2D eigenvalue weighted by Gasteiger charge is 2.22. The van der Waals surface area contributed by atoms with Crippen LogP contribution in [-0.2, 0) is 11.3 Å². The van der Waals surface area contributed by atoms with Crippen molar-refractivity contribution >= 4 is 18.5 Å². The van der Waals surface area contributed by atoms with Gasteiger partial charge in [0.2, 0.25) is 5.91 Å². The number of hydrogen-bond acceptors (Lipinski definition) is 4. The van der Waals surface area contributed by atoms with E-state index < -0.39 is 0 Å². The molecule has 2 heterocycles. The number of likely N-dealkylation sites (tertiary alicyclic amines) is 1. The smallest absolute Gasteiger partial charge is 0.221 e. The number of thiol groups is 1. The summed E-state index contributed by atoms with van der Waals surface area (Å²) in [5.74, 6) is 0.600. The van der Waals surface area contributed by atoms with Gasteiger partial charge in [0, 0.05) is 18.7 Å². The van der Waals surface area contributed by atoms with E-state index in [1.165, 1.54) is 18.4 Å². The van der Waals surface area contributed by atoms with Crippen molar-refractivity contribution in [2.75, 3.05) is 19.3 Å². The van der Waals surface area contributed by atoms with Crippen LogP contribution >= 0.6 is 12.6 Å². The fourth-order valence-electron chi connectivity index (χ4n) is 2.45. The van der Waals surface area contributed by atoms with E-state index in [0.29, 0.717) is 24.8 Å². The molecule has 4 nitrogen and oxygen atoms in total. The molecule has 1 atom stereocenters. The van der Waals surface area contributed by atoms with Gasteiger partial charge < -0.3 is 5.32 Å². The maximum absolute atomic E-state index is 11.3. The zero-order chi connectivity index (χ0) is 13.7. The van der Waals surface area contributed by atoms with Crippen LogP contribution in [-0.4, -0.2) is 35.1 Å². The van der Waals surface area contributed by atoms with Crippen LogP contribution in [0.5, 0.6) is 0 Å². The maximum Gasteiger partial charge on any atom is 0.221 e. The Morgan fingerprint density at radius 2 is 2.42 bits per heavy atom. The predicted octanol–water partition coefficient (Wildman–Crippen LogP) is 1.78. The first-order valence-electron chi connectivity index (χ1n) is 6.73. The second-order valence-corrected chi connectivity index (χ2v) is 5.42. The van der Waals surface area contributed by atoms with Crippen LogP contribution in [0.3, 0.4) is 0 Å². The van der Waals surface area contributed by atoms with Gasteiger partial charge in [-0.15, -0.1) is 0 Å². The molecule has 0 bridgehead atoms. The molecule has 1 aromatic rings. The van der Waals surface area contributed by atoms with E-state index in [1.54, 1.807) is 0 Å². The highest BCUT2D eigenvalue weighted by atomic mass is 32.1. The molecule has 2 rings (SSSR count). The second-order valence-electron chi connectivity index (χ2n) is 4.97. The van der Waals surface area contributed by atoms with Gasteiger partial charge in [-0.05, 0) is 43.8 Å².